The van der Waals surface area contributed by atoms with Crippen molar-refractivity contribution in [1.29, 1.82) is 0 Å². The number of amides is 1. The number of aryl methyl sites for hydroxylation is 1. The summed E-state index contributed by atoms with van der Waals surface area (Å²) in [4.78, 5) is 16.7. The Balaban J connectivity index is 1.67. The summed E-state index contributed by atoms with van der Waals surface area (Å²) < 4.78 is 6.89. The van der Waals surface area contributed by atoms with Gasteiger partial charge < -0.3 is 15.2 Å². The minimum absolute atomic E-state index is 0.0134. The van der Waals surface area contributed by atoms with Gasteiger partial charge in [0.15, 0.2) is 11.2 Å². The molecule has 0 saturated carbocycles. The SMILES string of the molecule is Cc1nn(-c2ccccc2)c2ncc(NC(=O)C3(O)CCOC3)cc12. The molecule has 1 aliphatic rings. The Labute approximate surface area is 144 Å². The number of benzene rings is 1. The van der Waals surface area contributed by atoms with Gasteiger partial charge in [-0.2, -0.15) is 5.10 Å². The number of anilines is 1. The molecule has 1 saturated heterocycles. The fourth-order valence-corrected chi connectivity index (χ4v) is 2.94. The lowest BCUT2D eigenvalue weighted by Crippen LogP contribution is -2.43. The van der Waals surface area contributed by atoms with Gasteiger partial charge in [0.1, 0.15) is 0 Å². The van der Waals surface area contributed by atoms with Crippen molar-refractivity contribution in [1.82, 2.24) is 14.8 Å². The highest BCUT2D eigenvalue weighted by atomic mass is 16.5. The molecule has 2 N–H and O–H groups in total. The number of pyridine rings is 1. The van der Waals surface area contributed by atoms with Crippen molar-refractivity contribution in [2.75, 3.05) is 18.5 Å². The summed E-state index contributed by atoms with van der Waals surface area (Å²) >= 11 is 0. The number of fused-ring (bicyclic) bond motifs is 1. The first-order valence-corrected chi connectivity index (χ1v) is 8.09. The largest absolute Gasteiger partial charge is 0.378 e. The smallest absolute Gasteiger partial charge is 0.258 e. The van der Waals surface area contributed by atoms with E-state index in [1.807, 2.05) is 43.3 Å². The van der Waals surface area contributed by atoms with Gasteiger partial charge in [-0.05, 0) is 25.1 Å². The Morgan fingerprint density at radius 1 is 1.36 bits per heavy atom. The normalized spacial score (nSPS) is 20.1. The minimum atomic E-state index is -1.47. The van der Waals surface area contributed by atoms with E-state index >= 15 is 0 Å². The van der Waals surface area contributed by atoms with Crippen LogP contribution in [0.15, 0.2) is 42.6 Å². The Bertz CT molecular complexity index is 930. The molecule has 1 aliphatic heterocycles. The number of hydrogen-bond donors (Lipinski definition) is 2. The van der Waals surface area contributed by atoms with Gasteiger partial charge in [-0.25, -0.2) is 9.67 Å². The van der Waals surface area contributed by atoms with Gasteiger partial charge in [0, 0.05) is 11.8 Å². The van der Waals surface area contributed by atoms with E-state index in [0.717, 1.165) is 16.8 Å². The van der Waals surface area contributed by atoms with Crippen LogP contribution in [-0.4, -0.2) is 44.6 Å². The molecule has 2 aromatic heterocycles. The molecule has 1 unspecified atom stereocenters. The van der Waals surface area contributed by atoms with E-state index in [-0.39, 0.29) is 6.61 Å². The van der Waals surface area contributed by atoms with E-state index in [4.69, 9.17) is 4.74 Å². The molecular formula is C18H18N4O3. The number of aromatic nitrogens is 3. The summed E-state index contributed by atoms with van der Waals surface area (Å²) in [5, 5.41) is 18.4. The molecule has 128 valence electrons. The zero-order valence-electron chi connectivity index (χ0n) is 13.8. The summed E-state index contributed by atoms with van der Waals surface area (Å²) in [6.45, 7) is 2.29. The third kappa shape index (κ3) is 2.77. The molecule has 3 aromatic rings. The van der Waals surface area contributed by atoms with Gasteiger partial charge in [0.05, 0.1) is 36.5 Å². The molecule has 0 aliphatic carbocycles. The van der Waals surface area contributed by atoms with Crippen LogP contribution in [0.1, 0.15) is 12.1 Å². The van der Waals surface area contributed by atoms with Gasteiger partial charge in [-0.15, -0.1) is 0 Å². The number of nitrogens with zero attached hydrogens (tertiary/aromatic N) is 3. The van der Waals surface area contributed by atoms with Crippen molar-refractivity contribution >= 4 is 22.6 Å². The standard InChI is InChI=1S/C18H18N4O3/c1-12-15-9-13(20-17(23)18(24)7-8-25-11-18)10-19-16(15)22(21-12)14-5-3-2-4-6-14/h2-6,9-10,24H,7-8,11H2,1H3,(H,20,23). The summed E-state index contributed by atoms with van der Waals surface area (Å²) in [5.41, 5.74) is 1.49. The summed E-state index contributed by atoms with van der Waals surface area (Å²) in [7, 11) is 0. The number of carbonyl (C=O) groups excluding carboxylic acids is 1. The average Bonchev–Trinajstić information content (AvgIpc) is 3.21. The molecule has 1 fully saturated rings. The quantitative estimate of drug-likeness (QED) is 0.760. The van der Waals surface area contributed by atoms with Crippen molar-refractivity contribution in [3.63, 3.8) is 0 Å². The topological polar surface area (TPSA) is 89.3 Å². The van der Waals surface area contributed by atoms with Crippen LogP contribution in [0.3, 0.4) is 0 Å². The third-order valence-corrected chi connectivity index (χ3v) is 4.39. The number of nitrogens with one attached hydrogen (secondary N) is 1. The van der Waals surface area contributed by atoms with Gasteiger partial charge in [0.25, 0.3) is 5.91 Å². The van der Waals surface area contributed by atoms with Crippen LogP contribution in [0, 0.1) is 6.92 Å². The highest BCUT2D eigenvalue weighted by molar-refractivity contribution is 5.98. The maximum Gasteiger partial charge on any atom is 0.258 e. The van der Waals surface area contributed by atoms with Crippen LogP contribution in [0.2, 0.25) is 0 Å². The second-order valence-electron chi connectivity index (χ2n) is 6.22. The van der Waals surface area contributed by atoms with E-state index in [0.29, 0.717) is 24.4 Å². The van der Waals surface area contributed by atoms with Crippen LogP contribution in [-0.2, 0) is 9.53 Å². The summed E-state index contributed by atoms with van der Waals surface area (Å²) in [5.74, 6) is -0.473. The highest BCUT2D eigenvalue weighted by Crippen LogP contribution is 2.25. The van der Waals surface area contributed by atoms with Crippen LogP contribution in [0.4, 0.5) is 5.69 Å². The lowest BCUT2D eigenvalue weighted by molar-refractivity contribution is -0.133. The molecule has 4 rings (SSSR count). The molecule has 1 aromatic carbocycles. The molecule has 7 nitrogen and oxygen atoms in total. The van der Waals surface area contributed by atoms with Gasteiger partial charge in [0.2, 0.25) is 0 Å². The number of aliphatic hydroxyl groups is 1. The number of ether oxygens (including phenoxy) is 1. The van der Waals surface area contributed by atoms with Gasteiger partial charge in [-0.1, -0.05) is 18.2 Å². The molecule has 0 radical (unpaired) electrons. The summed E-state index contributed by atoms with van der Waals surface area (Å²) in [6, 6.07) is 11.6. The van der Waals surface area contributed by atoms with Crippen molar-refractivity contribution in [3.05, 3.63) is 48.3 Å². The number of para-hydroxylation sites is 1. The van der Waals surface area contributed by atoms with E-state index in [1.165, 1.54) is 0 Å². The van der Waals surface area contributed by atoms with Gasteiger partial charge in [-0.3, -0.25) is 4.79 Å². The predicted molar refractivity (Wildman–Crippen MR) is 92.6 cm³/mol. The molecular weight excluding hydrogens is 320 g/mol. The Morgan fingerprint density at radius 2 is 2.16 bits per heavy atom. The monoisotopic (exact) mass is 338 g/mol. The van der Waals surface area contributed by atoms with E-state index in [1.54, 1.807) is 10.9 Å². The second kappa shape index (κ2) is 5.94. The second-order valence-corrected chi connectivity index (χ2v) is 6.22. The average molecular weight is 338 g/mol. The molecule has 1 atom stereocenters. The zero-order valence-corrected chi connectivity index (χ0v) is 13.8. The van der Waals surface area contributed by atoms with E-state index in [9.17, 15) is 9.90 Å². The lowest BCUT2D eigenvalue weighted by atomic mass is 10.0. The van der Waals surface area contributed by atoms with Crippen LogP contribution in [0.25, 0.3) is 16.7 Å². The number of rotatable bonds is 3. The lowest BCUT2D eigenvalue weighted by Gasteiger charge is -2.19. The first-order chi connectivity index (χ1) is 12.1. The zero-order chi connectivity index (χ0) is 17.4. The summed E-state index contributed by atoms with van der Waals surface area (Å²) in [6.07, 6.45) is 1.86. The van der Waals surface area contributed by atoms with Crippen molar-refractivity contribution in [2.24, 2.45) is 0 Å². The molecule has 7 heteroatoms. The van der Waals surface area contributed by atoms with Crippen molar-refractivity contribution in [3.8, 4) is 5.69 Å². The van der Waals surface area contributed by atoms with E-state index < -0.39 is 11.5 Å². The Hall–Kier alpha value is -2.77. The fourth-order valence-electron chi connectivity index (χ4n) is 2.94. The molecule has 0 bridgehead atoms. The molecule has 1 amide bonds. The van der Waals surface area contributed by atoms with Crippen LogP contribution in [0.5, 0.6) is 0 Å². The number of carbonyl (C=O) groups is 1. The van der Waals surface area contributed by atoms with Crippen LogP contribution >= 0.6 is 0 Å². The Morgan fingerprint density at radius 3 is 2.88 bits per heavy atom. The van der Waals surface area contributed by atoms with Crippen molar-refractivity contribution < 1.29 is 14.6 Å². The highest BCUT2D eigenvalue weighted by Gasteiger charge is 2.40. The maximum absolute atomic E-state index is 12.3. The molecule has 3 heterocycles. The number of hydrogen-bond acceptors (Lipinski definition) is 5. The van der Waals surface area contributed by atoms with Crippen molar-refractivity contribution in [2.45, 2.75) is 18.9 Å². The molecule has 25 heavy (non-hydrogen) atoms. The first-order valence-electron chi connectivity index (χ1n) is 8.09. The van der Waals surface area contributed by atoms with Crippen LogP contribution < -0.4 is 5.32 Å². The Kier molecular flexibility index (Phi) is 3.74. The molecule has 0 spiro atoms. The maximum atomic E-state index is 12.3. The third-order valence-electron chi connectivity index (χ3n) is 4.39. The predicted octanol–water partition coefficient (Wildman–Crippen LogP) is 1.82. The minimum Gasteiger partial charge on any atom is -0.378 e. The fraction of sp³-hybridized carbons (Fsp3) is 0.278. The first kappa shape index (κ1) is 15.7. The van der Waals surface area contributed by atoms with Gasteiger partial charge >= 0.3 is 0 Å². The van der Waals surface area contributed by atoms with E-state index in [2.05, 4.69) is 15.4 Å².